The number of aromatic nitrogens is 2. The molecule has 0 fully saturated rings. The number of amides is 1. The van der Waals surface area contributed by atoms with Gasteiger partial charge < -0.3 is 14.3 Å². The molecule has 1 amide bonds. The van der Waals surface area contributed by atoms with Crippen molar-refractivity contribution in [2.24, 2.45) is 0 Å². The van der Waals surface area contributed by atoms with Crippen molar-refractivity contribution in [3.05, 3.63) is 99.9 Å². The largest absolute Gasteiger partial charge is 0.469 e. The summed E-state index contributed by atoms with van der Waals surface area (Å²) in [5, 5.41) is 2.98. The van der Waals surface area contributed by atoms with E-state index in [-0.39, 0.29) is 17.5 Å². The number of hydrogen-bond donors (Lipinski definition) is 1. The zero-order chi connectivity index (χ0) is 21.1. The zero-order valence-electron chi connectivity index (χ0n) is 17.0. The Labute approximate surface area is 174 Å². The summed E-state index contributed by atoms with van der Waals surface area (Å²) in [6.07, 6.45) is 2.23. The van der Waals surface area contributed by atoms with Crippen LogP contribution < -0.4 is 10.9 Å². The molecule has 4 rings (SSSR count). The maximum absolute atomic E-state index is 12.7. The van der Waals surface area contributed by atoms with Gasteiger partial charge in [-0.25, -0.2) is 4.98 Å². The molecule has 0 unspecified atom stereocenters. The molecule has 0 radical (unpaired) electrons. The van der Waals surface area contributed by atoms with Crippen LogP contribution >= 0.6 is 0 Å². The highest BCUT2D eigenvalue weighted by Crippen LogP contribution is 2.15. The van der Waals surface area contributed by atoms with E-state index in [4.69, 9.17) is 4.42 Å². The Morgan fingerprint density at radius 2 is 1.93 bits per heavy atom. The minimum absolute atomic E-state index is 0.0823. The number of rotatable bonds is 6. The van der Waals surface area contributed by atoms with Gasteiger partial charge in [-0.3, -0.25) is 9.59 Å². The fourth-order valence-corrected chi connectivity index (χ4v) is 3.53. The molecule has 0 bridgehead atoms. The fourth-order valence-electron chi connectivity index (χ4n) is 3.53. The monoisotopic (exact) mass is 401 g/mol. The second-order valence-corrected chi connectivity index (χ2v) is 7.44. The van der Waals surface area contributed by atoms with Crippen LogP contribution in [0.3, 0.4) is 0 Å². The lowest BCUT2D eigenvalue weighted by atomic mass is 10.1. The van der Waals surface area contributed by atoms with E-state index in [1.54, 1.807) is 36.0 Å². The van der Waals surface area contributed by atoms with Crippen LogP contribution in [0.2, 0.25) is 0 Å². The predicted molar refractivity (Wildman–Crippen MR) is 116 cm³/mol. The molecule has 0 saturated carbocycles. The summed E-state index contributed by atoms with van der Waals surface area (Å²) in [6, 6.07) is 18.7. The first-order valence-corrected chi connectivity index (χ1v) is 9.89. The van der Waals surface area contributed by atoms with Crippen LogP contribution in [0.4, 0.5) is 0 Å². The first-order valence-electron chi connectivity index (χ1n) is 9.89. The number of nitrogens with one attached hydrogen (secondary N) is 1. The minimum Gasteiger partial charge on any atom is -0.469 e. The Morgan fingerprint density at radius 1 is 1.13 bits per heavy atom. The van der Waals surface area contributed by atoms with Crippen molar-refractivity contribution in [3.8, 4) is 0 Å². The molecule has 2 aromatic heterocycles. The summed E-state index contributed by atoms with van der Waals surface area (Å²) in [5.41, 5.74) is 3.13. The highest BCUT2D eigenvalue weighted by atomic mass is 16.3. The first-order chi connectivity index (χ1) is 14.5. The molecule has 0 spiro atoms. The third-order valence-corrected chi connectivity index (χ3v) is 5.02. The highest BCUT2D eigenvalue weighted by molar-refractivity contribution is 5.97. The molecule has 1 N–H and O–H groups in total. The van der Waals surface area contributed by atoms with E-state index in [1.165, 1.54) is 0 Å². The van der Waals surface area contributed by atoms with Crippen LogP contribution in [0.15, 0.2) is 76.1 Å². The molecule has 30 heavy (non-hydrogen) atoms. The van der Waals surface area contributed by atoms with E-state index < -0.39 is 0 Å². The van der Waals surface area contributed by atoms with E-state index in [2.05, 4.69) is 10.3 Å². The average molecular weight is 401 g/mol. The third-order valence-electron chi connectivity index (χ3n) is 5.02. The molecule has 0 aliphatic carbocycles. The van der Waals surface area contributed by atoms with E-state index in [9.17, 15) is 9.59 Å². The summed E-state index contributed by atoms with van der Waals surface area (Å²) in [4.78, 5) is 29.9. The van der Waals surface area contributed by atoms with Crippen molar-refractivity contribution in [1.82, 2.24) is 14.9 Å². The lowest BCUT2D eigenvalue weighted by Crippen LogP contribution is -2.34. The molecule has 2 aromatic carbocycles. The van der Waals surface area contributed by atoms with Crippen molar-refractivity contribution in [2.75, 3.05) is 0 Å². The van der Waals surface area contributed by atoms with Gasteiger partial charge in [-0.2, -0.15) is 0 Å². The second kappa shape index (κ2) is 8.37. The van der Waals surface area contributed by atoms with E-state index in [1.807, 2.05) is 49.4 Å². The highest BCUT2D eigenvalue weighted by Gasteiger charge is 2.15. The van der Waals surface area contributed by atoms with Crippen molar-refractivity contribution < 1.29 is 9.21 Å². The molecule has 4 aromatic rings. The Hall–Kier alpha value is -3.67. The summed E-state index contributed by atoms with van der Waals surface area (Å²) in [7, 11) is 0. The van der Waals surface area contributed by atoms with Gasteiger partial charge in [0.1, 0.15) is 11.5 Å². The predicted octanol–water partition coefficient (Wildman–Crippen LogP) is 3.71. The molecular formula is C24H23N3O3. The van der Waals surface area contributed by atoms with Gasteiger partial charge in [0, 0.05) is 18.0 Å². The number of hydrogen-bond acceptors (Lipinski definition) is 4. The first kappa shape index (κ1) is 19.6. The van der Waals surface area contributed by atoms with Crippen molar-refractivity contribution >= 4 is 16.9 Å². The molecule has 0 aliphatic rings. The molecule has 152 valence electrons. The van der Waals surface area contributed by atoms with E-state index >= 15 is 0 Å². The van der Waals surface area contributed by atoms with Crippen molar-refractivity contribution in [1.29, 1.82) is 0 Å². The lowest BCUT2D eigenvalue weighted by Gasteiger charge is -2.14. The van der Waals surface area contributed by atoms with Gasteiger partial charge in [-0.05, 0) is 49.7 Å². The van der Waals surface area contributed by atoms with Gasteiger partial charge in [-0.1, -0.05) is 30.3 Å². The van der Waals surface area contributed by atoms with Gasteiger partial charge in [0.25, 0.3) is 11.5 Å². The maximum Gasteiger partial charge on any atom is 0.272 e. The molecule has 6 nitrogen and oxygen atoms in total. The molecule has 6 heteroatoms. The Morgan fingerprint density at radius 3 is 2.67 bits per heavy atom. The molecule has 0 saturated heterocycles. The SMILES string of the molecule is Cc1nc2cc(C(=O)N[C@H](C)Cc3ccco3)ccc2n(Cc2ccccc2)c1=O. The quantitative estimate of drug-likeness (QED) is 0.534. The van der Waals surface area contributed by atoms with Crippen molar-refractivity contribution in [3.63, 3.8) is 0 Å². The minimum atomic E-state index is -0.184. The summed E-state index contributed by atoms with van der Waals surface area (Å²) >= 11 is 0. The van der Waals surface area contributed by atoms with Crippen LogP contribution in [0.25, 0.3) is 11.0 Å². The maximum atomic E-state index is 12.7. The fraction of sp³-hybridized carbons (Fsp3) is 0.208. The van der Waals surface area contributed by atoms with Crippen LogP contribution in [-0.4, -0.2) is 21.5 Å². The number of furan rings is 1. The average Bonchev–Trinajstić information content (AvgIpc) is 3.24. The molecular weight excluding hydrogens is 378 g/mol. The number of carbonyl (C=O) groups is 1. The molecule has 1 atom stereocenters. The van der Waals surface area contributed by atoms with Crippen LogP contribution in [0.5, 0.6) is 0 Å². The summed E-state index contributed by atoms with van der Waals surface area (Å²) < 4.78 is 7.04. The van der Waals surface area contributed by atoms with Gasteiger partial charge >= 0.3 is 0 Å². The number of carbonyl (C=O) groups excluding carboxylic acids is 1. The number of aryl methyl sites for hydroxylation is 1. The Bertz CT molecular complexity index is 1230. The van der Waals surface area contributed by atoms with Crippen LogP contribution in [-0.2, 0) is 13.0 Å². The number of nitrogens with zero attached hydrogens (tertiary/aromatic N) is 2. The van der Waals surface area contributed by atoms with Crippen LogP contribution in [0, 0.1) is 6.92 Å². The van der Waals surface area contributed by atoms with Gasteiger partial charge in [0.15, 0.2) is 0 Å². The lowest BCUT2D eigenvalue weighted by molar-refractivity contribution is 0.0939. The molecule has 0 aliphatic heterocycles. The van der Waals surface area contributed by atoms with Gasteiger partial charge in [0.2, 0.25) is 0 Å². The van der Waals surface area contributed by atoms with E-state index in [0.717, 1.165) is 11.3 Å². The van der Waals surface area contributed by atoms with E-state index in [0.29, 0.717) is 35.3 Å². The Kier molecular flexibility index (Phi) is 5.48. The topological polar surface area (TPSA) is 77.1 Å². The normalized spacial score (nSPS) is 12.1. The number of benzene rings is 2. The van der Waals surface area contributed by atoms with Gasteiger partial charge in [-0.15, -0.1) is 0 Å². The summed E-state index contributed by atoms with van der Waals surface area (Å²) in [6.45, 7) is 4.08. The number of fused-ring (bicyclic) bond motifs is 1. The Balaban J connectivity index is 1.61. The second-order valence-electron chi connectivity index (χ2n) is 7.44. The zero-order valence-corrected chi connectivity index (χ0v) is 17.0. The van der Waals surface area contributed by atoms with Gasteiger partial charge in [0.05, 0.1) is 23.8 Å². The molecule has 2 heterocycles. The smallest absolute Gasteiger partial charge is 0.272 e. The van der Waals surface area contributed by atoms with Crippen molar-refractivity contribution in [2.45, 2.75) is 32.9 Å². The van der Waals surface area contributed by atoms with Crippen LogP contribution in [0.1, 0.15) is 34.3 Å². The third kappa shape index (κ3) is 4.17. The standard InChI is InChI=1S/C24H23N3O3/c1-16(13-20-9-6-12-30-20)25-23(28)19-10-11-22-21(14-19)26-17(2)24(29)27(22)15-18-7-4-3-5-8-18/h3-12,14,16H,13,15H2,1-2H3,(H,25,28)/t16-/m1/s1. The summed E-state index contributed by atoms with van der Waals surface area (Å²) in [5.74, 6) is 0.639.